The van der Waals surface area contributed by atoms with Crippen molar-refractivity contribution in [2.75, 3.05) is 5.73 Å². The predicted octanol–water partition coefficient (Wildman–Crippen LogP) is 2.69. The van der Waals surface area contributed by atoms with Gasteiger partial charge in [0.1, 0.15) is 0 Å². The van der Waals surface area contributed by atoms with E-state index in [4.69, 9.17) is 34.0 Å². The molecule has 16 heavy (non-hydrogen) atoms. The highest BCUT2D eigenvalue weighted by molar-refractivity contribution is 6.40. The Labute approximate surface area is 96.8 Å². The van der Waals surface area contributed by atoms with E-state index in [0.717, 1.165) is 0 Å². The minimum absolute atomic E-state index is 0.620. The number of hydrogen-bond acceptors (Lipinski definition) is 3. The van der Waals surface area contributed by atoms with Crippen LogP contribution in [0.3, 0.4) is 0 Å². The van der Waals surface area contributed by atoms with Gasteiger partial charge < -0.3 is 10.8 Å². The van der Waals surface area contributed by atoms with Gasteiger partial charge in [0.2, 0.25) is 0 Å². The quantitative estimate of drug-likeness (QED) is 0.826. The Kier molecular flexibility index (Phi) is 3.20. The molecule has 1 aromatic heterocycles. The molecule has 1 heterocycles. The maximum absolute atomic E-state index is 12.4. The summed E-state index contributed by atoms with van der Waals surface area (Å²) in [5.41, 5.74) is 1.92. The van der Waals surface area contributed by atoms with Crippen LogP contribution < -0.4 is 5.73 Å². The van der Waals surface area contributed by atoms with Crippen LogP contribution in [0.1, 0.15) is 16.2 Å². The summed E-state index contributed by atoms with van der Waals surface area (Å²) >= 11 is 10.7. The van der Waals surface area contributed by atoms with Gasteiger partial charge in [-0.2, -0.15) is 13.2 Å². The van der Waals surface area contributed by atoms with E-state index in [1.54, 1.807) is 0 Å². The first-order valence-electron chi connectivity index (χ1n) is 3.61. The molecule has 0 saturated carbocycles. The number of aromatic nitrogens is 1. The molecule has 0 aliphatic carbocycles. The second kappa shape index (κ2) is 3.99. The first-order chi connectivity index (χ1) is 7.16. The minimum Gasteiger partial charge on any atom is -0.476 e. The summed E-state index contributed by atoms with van der Waals surface area (Å²) < 4.78 is 37.1. The van der Waals surface area contributed by atoms with Crippen molar-refractivity contribution >= 4 is 34.9 Å². The third kappa shape index (κ3) is 2.14. The molecule has 0 atom stereocenters. The minimum atomic E-state index is -4.90. The lowest BCUT2D eigenvalue weighted by atomic mass is 10.2. The number of rotatable bonds is 1. The van der Waals surface area contributed by atoms with Crippen LogP contribution >= 0.6 is 23.2 Å². The standard InChI is InChI=1S/C7H3Cl2F3N2O2/c8-1-3(13)2(9)5(7(10,11)12)14-4(1)6(15)16/h(H2,13,14)(H,15,16). The number of nitrogens with zero attached hydrogens (tertiary/aromatic N) is 1. The number of carbonyl (C=O) groups is 1. The normalized spacial score (nSPS) is 11.6. The number of alkyl halides is 3. The fourth-order valence-corrected chi connectivity index (χ4v) is 1.40. The molecular formula is C7H3Cl2F3N2O2. The molecule has 0 radical (unpaired) electrons. The Morgan fingerprint density at radius 3 is 2.19 bits per heavy atom. The van der Waals surface area contributed by atoms with Gasteiger partial charge in [0.05, 0.1) is 15.7 Å². The molecule has 0 fully saturated rings. The number of halogens is 5. The first kappa shape index (κ1) is 12.9. The van der Waals surface area contributed by atoms with Crippen molar-refractivity contribution in [3.05, 3.63) is 21.4 Å². The van der Waals surface area contributed by atoms with Gasteiger partial charge in [-0.25, -0.2) is 9.78 Å². The summed E-state index contributed by atoms with van der Waals surface area (Å²) in [6.45, 7) is 0. The van der Waals surface area contributed by atoms with Crippen LogP contribution in [-0.4, -0.2) is 16.1 Å². The van der Waals surface area contributed by atoms with E-state index in [-0.39, 0.29) is 0 Å². The molecule has 88 valence electrons. The van der Waals surface area contributed by atoms with Gasteiger partial charge in [-0.3, -0.25) is 0 Å². The Bertz CT molecular complexity index is 462. The van der Waals surface area contributed by atoms with Gasteiger partial charge >= 0.3 is 12.1 Å². The molecule has 0 saturated heterocycles. The van der Waals surface area contributed by atoms with Crippen molar-refractivity contribution in [1.82, 2.24) is 4.98 Å². The number of hydrogen-bond donors (Lipinski definition) is 2. The second-order valence-corrected chi connectivity index (χ2v) is 3.41. The third-order valence-corrected chi connectivity index (χ3v) is 2.35. The van der Waals surface area contributed by atoms with Gasteiger partial charge in [0.15, 0.2) is 11.4 Å². The van der Waals surface area contributed by atoms with E-state index in [1.165, 1.54) is 0 Å². The van der Waals surface area contributed by atoms with Gasteiger partial charge in [0.25, 0.3) is 0 Å². The molecule has 1 aromatic rings. The summed E-state index contributed by atoms with van der Waals surface area (Å²) in [6, 6.07) is 0. The van der Waals surface area contributed by atoms with Crippen LogP contribution in [0.4, 0.5) is 18.9 Å². The van der Waals surface area contributed by atoms with Crippen LogP contribution in [0.2, 0.25) is 10.0 Å². The number of carboxylic acid groups (broad SMARTS) is 1. The third-order valence-electron chi connectivity index (χ3n) is 1.58. The SMILES string of the molecule is Nc1c(Cl)c(C(=O)O)nc(C(F)(F)F)c1Cl. The maximum atomic E-state index is 12.4. The smallest absolute Gasteiger partial charge is 0.434 e. The molecule has 4 nitrogen and oxygen atoms in total. The van der Waals surface area contributed by atoms with Crippen molar-refractivity contribution in [2.45, 2.75) is 6.18 Å². The van der Waals surface area contributed by atoms with Crippen molar-refractivity contribution in [2.24, 2.45) is 0 Å². The number of nitrogens with two attached hydrogens (primary N) is 1. The molecule has 0 aliphatic rings. The maximum Gasteiger partial charge on any atom is 0.434 e. The molecular weight excluding hydrogens is 272 g/mol. The van der Waals surface area contributed by atoms with E-state index in [1.807, 2.05) is 0 Å². The van der Waals surface area contributed by atoms with Crippen LogP contribution in [-0.2, 0) is 6.18 Å². The summed E-state index contributed by atoms with van der Waals surface area (Å²) in [4.78, 5) is 13.4. The Balaban J connectivity index is 3.61. The topological polar surface area (TPSA) is 76.2 Å². The fraction of sp³-hybridized carbons (Fsp3) is 0.143. The van der Waals surface area contributed by atoms with Crippen molar-refractivity contribution < 1.29 is 23.1 Å². The number of aromatic carboxylic acids is 1. The van der Waals surface area contributed by atoms with E-state index >= 15 is 0 Å². The van der Waals surface area contributed by atoms with Gasteiger partial charge in [-0.1, -0.05) is 23.2 Å². The predicted molar refractivity (Wildman–Crippen MR) is 50.6 cm³/mol. The zero-order valence-corrected chi connectivity index (χ0v) is 8.78. The molecule has 0 unspecified atom stereocenters. The lowest BCUT2D eigenvalue weighted by Crippen LogP contribution is -2.15. The molecule has 0 spiro atoms. The largest absolute Gasteiger partial charge is 0.476 e. The Hall–Kier alpha value is -1.21. The van der Waals surface area contributed by atoms with E-state index in [2.05, 4.69) is 4.98 Å². The number of anilines is 1. The lowest BCUT2D eigenvalue weighted by Gasteiger charge is -2.12. The van der Waals surface area contributed by atoms with Crippen molar-refractivity contribution in [1.29, 1.82) is 0 Å². The average Bonchev–Trinajstić information content (AvgIpc) is 2.11. The Morgan fingerprint density at radius 2 is 1.81 bits per heavy atom. The van der Waals surface area contributed by atoms with Crippen LogP contribution in [0.5, 0.6) is 0 Å². The summed E-state index contributed by atoms with van der Waals surface area (Å²) in [6.07, 6.45) is -4.90. The average molecular weight is 275 g/mol. The summed E-state index contributed by atoms with van der Waals surface area (Å²) in [5.74, 6) is -1.72. The fourth-order valence-electron chi connectivity index (χ4n) is 0.891. The summed E-state index contributed by atoms with van der Waals surface area (Å²) in [7, 11) is 0. The molecule has 0 bridgehead atoms. The molecule has 9 heteroatoms. The zero-order valence-electron chi connectivity index (χ0n) is 7.27. The van der Waals surface area contributed by atoms with Gasteiger partial charge in [-0.05, 0) is 0 Å². The number of nitrogen functional groups attached to an aromatic ring is 1. The highest BCUT2D eigenvalue weighted by Gasteiger charge is 2.38. The van der Waals surface area contributed by atoms with Crippen LogP contribution in [0.15, 0.2) is 0 Å². The molecule has 1 rings (SSSR count). The number of pyridine rings is 1. The zero-order chi connectivity index (χ0) is 12.7. The Morgan fingerprint density at radius 1 is 1.31 bits per heavy atom. The lowest BCUT2D eigenvalue weighted by molar-refractivity contribution is -0.141. The van der Waals surface area contributed by atoms with Gasteiger partial charge in [0, 0.05) is 0 Å². The molecule has 0 amide bonds. The molecule has 0 aliphatic heterocycles. The van der Waals surface area contributed by atoms with E-state index in [0.29, 0.717) is 0 Å². The van der Waals surface area contributed by atoms with Crippen molar-refractivity contribution in [3.63, 3.8) is 0 Å². The van der Waals surface area contributed by atoms with Crippen molar-refractivity contribution in [3.8, 4) is 0 Å². The van der Waals surface area contributed by atoms with E-state index < -0.39 is 39.3 Å². The monoisotopic (exact) mass is 274 g/mol. The highest BCUT2D eigenvalue weighted by atomic mass is 35.5. The van der Waals surface area contributed by atoms with Crippen LogP contribution in [0, 0.1) is 0 Å². The first-order valence-corrected chi connectivity index (χ1v) is 4.36. The van der Waals surface area contributed by atoms with E-state index in [9.17, 15) is 18.0 Å². The molecule has 3 N–H and O–H groups in total. The van der Waals surface area contributed by atoms with Crippen LogP contribution in [0.25, 0.3) is 0 Å². The summed E-state index contributed by atoms with van der Waals surface area (Å²) in [5, 5.41) is 7.02. The molecule has 0 aromatic carbocycles. The highest BCUT2D eigenvalue weighted by Crippen LogP contribution is 2.39. The van der Waals surface area contributed by atoms with Gasteiger partial charge in [-0.15, -0.1) is 0 Å². The second-order valence-electron chi connectivity index (χ2n) is 2.65. The number of carboxylic acids is 1.